The maximum Gasteiger partial charge on any atom is 0.339 e. The molecule has 0 unspecified atom stereocenters. The van der Waals surface area contributed by atoms with Gasteiger partial charge in [-0.1, -0.05) is 12.1 Å². The number of benzene rings is 1. The van der Waals surface area contributed by atoms with E-state index < -0.39 is 6.03 Å². The van der Waals surface area contributed by atoms with E-state index in [4.69, 9.17) is 9.57 Å². The predicted molar refractivity (Wildman–Crippen MR) is 78.2 cm³/mol. The molecule has 22 heavy (non-hydrogen) atoms. The molecule has 0 spiro atoms. The van der Waals surface area contributed by atoms with E-state index in [9.17, 15) is 9.18 Å². The normalized spacial score (nSPS) is 22.9. The lowest BCUT2D eigenvalue weighted by atomic mass is 10.0. The van der Waals surface area contributed by atoms with Gasteiger partial charge in [-0.3, -0.25) is 0 Å². The van der Waals surface area contributed by atoms with Crippen LogP contribution in [0.3, 0.4) is 0 Å². The smallest absolute Gasteiger partial charge is 0.339 e. The van der Waals surface area contributed by atoms with E-state index in [2.05, 4.69) is 10.8 Å². The van der Waals surface area contributed by atoms with Crippen molar-refractivity contribution in [3.05, 3.63) is 35.6 Å². The van der Waals surface area contributed by atoms with Gasteiger partial charge in [0.15, 0.2) is 6.29 Å². The maximum atomic E-state index is 13.0. The molecule has 1 aromatic rings. The van der Waals surface area contributed by atoms with Gasteiger partial charge in [-0.15, -0.1) is 0 Å². The number of amides is 2. The minimum Gasteiger partial charge on any atom is -0.350 e. The van der Waals surface area contributed by atoms with Crippen molar-refractivity contribution >= 4 is 6.03 Å². The standard InChI is InChI=1S/C16H21FN2O3/c17-13-8-6-12(7-9-13)15(11-4-5-11)18-16(20)19-22-14-3-1-2-10-21-14/h6-9,11,14-15H,1-5,10H2,(H2,18,19,20)/t14-,15-/m0/s1. The second kappa shape index (κ2) is 7.07. The van der Waals surface area contributed by atoms with Crippen LogP contribution in [0.2, 0.25) is 0 Å². The molecule has 5 nitrogen and oxygen atoms in total. The monoisotopic (exact) mass is 308 g/mol. The van der Waals surface area contributed by atoms with Crippen LogP contribution in [-0.2, 0) is 9.57 Å². The Morgan fingerprint density at radius 1 is 1.23 bits per heavy atom. The number of hydroxylamine groups is 1. The number of carbonyl (C=O) groups is 1. The fraction of sp³-hybridized carbons (Fsp3) is 0.562. The number of hydrogen-bond acceptors (Lipinski definition) is 3. The second-order valence-corrected chi connectivity index (χ2v) is 5.86. The molecule has 0 bridgehead atoms. The molecule has 1 aliphatic heterocycles. The summed E-state index contributed by atoms with van der Waals surface area (Å²) in [5, 5.41) is 2.90. The van der Waals surface area contributed by atoms with Gasteiger partial charge in [-0.25, -0.2) is 19.5 Å². The van der Waals surface area contributed by atoms with E-state index in [1.165, 1.54) is 12.1 Å². The molecule has 3 rings (SSSR count). The summed E-state index contributed by atoms with van der Waals surface area (Å²) in [4.78, 5) is 17.2. The maximum absolute atomic E-state index is 13.0. The van der Waals surface area contributed by atoms with Crippen molar-refractivity contribution in [3.63, 3.8) is 0 Å². The minimum atomic E-state index is -0.393. The first-order valence-electron chi connectivity index (χ1n) is 7.81. The highest BCUT2D eigenvalue weighted by molar-refractivity contribution is 5.73. The minimum absolute atomic E-state index is 0.114. The molecular weight excluding hydrogens is 287 g/mol. The lowest BCUT2D eigenvalue weighted by Gasteiger charge is -2.23. The van der Waals surface area contributed by atoms with Crippen molar-refractivity contribution in [3.8, 4) is 0 Å². The summed E-state index contributed by atoms with van der Waals surface area (Å²) in [5.41, 5.74) is 3.31. The highest BCUT2D eigenvalue weighted by atomic mass is 19.1. The molecule has 6 heteroatoms. The summed E-state index contributed by atoms with van der Waals surface area (Å²) in [7, 11) is 0. The summed E-state index contributed by atoms with van der Waals surface area (Å²) in [6, 6.07) is 5.74. The predicted octanol–water partition coefficient (Wildman–Crippen LogP) is 3.03. The van der Waals surface area contributed by atoms with Gasteiger partial charge in [0.25, 0.3) is 0 Å². The highest BCUT2D eigenvalue weighted by Crippen LogP contribution is 2.40. The molecule has 0 aromatic heterocycles. The average molecular weight is 308 g/mol. The number of ether oxygens (including phenoxy) is 1. The zero-order chi connectivity index (χ0) is 15.4. The molecule has 1 saturated carbocycles. The van der Waals surface area contributed by atoms with Gasteiger partial charge in [0.1, 0.15) is 5.82 Å². The summed E-state index contributed by atoms with van der Waals surface area (Å²) in [6.07, 6.45) is 4.60. The molecule has 2 N–H and O–H groups in total. The zero-order valence-electron chi connectivity index (χ0n) is 12.4. The molecule has 2 atom stereocenters. The SMILES string of the molecule is O=C(NO[C@H]1CCCCO1)N[C@H](c1ccc(F)cc1)C1CC1. The van der Waals surface area contributed by atoms with Gasteiger partial charge in [-0.05, 0) is 49.3 Å². The summed E-state index contributed by atoms with van der Waals surface area (Å²) in [6.45, 7) is 0.661. The van der Waals surface area contributed by atoms with Crippen LogP contribution in [0.4, 0.5) is 9.18 Å². The molecule has 1 aliphatic carbocycles. The van der Waals surface area contributed by atoms with Gasteiger partial charge in [0.05, 0.1) is 6.04 Å². The van der Waals surface area contributed by atoms with Gasteiger partial charge in [0.2, 0.25) is 0 Å². The van der Waals surface area contributed by atoms with E-state index in [0.717, 1.165) is 37.7 Å². The average Bonchev–Trinajstić information content (AvgIpc) is 3.37. The molecule has 2 fully saturated rings. The van der Waals surface area contributed by atoms with Crippen molar-refractivity contribution in [2.24, 2.45) is 5.92 Å². The Morgan fingerprint density at radius 2 is 2.00 bits per heavy atom. The van der Waals surface area contributed by atoms with Gasteiger partial charge in [-0.2, -0.15) is 0 Å². The number of hydrogen-bond donors (Lipinski definition) is 2. The molecule has 2 aliphatic rings. The Hall–Kier alpha value is -1.66. The van der Waals surface area contributed by atoms with Crippen LogP contribution in [0.5, 0.6) is 0 Å². The topological polar surface area (TPSA) is 59.6 Å². The van der Waals surface area contributed by atoms with Crippen molar-refractivity contribution < 1.29 is 18.8 Å². The molecular formula is C16H21FN2O3. The molecule has 2 amide bonds. The molecule has 1 aromatic carbocycles. The Morgan fingerprint density at radius 3 is 2.64 bits per heavy atom. The Labute approximate surface area is 129 Å². The van der Waals surface area contributed by atoms with Crippen molar-refractivity contribution in [1.29, 1.82) is 0 Å². The van der Waals surface area contributed by atoms with Crippen LogP contribution in [0, 0.1) is 11.7 Å². The first-order valence-corrected chi connectivity index (χ1v) is 7.81. The van der Waals surface area contributed by atoms with Crippen LogP contribution >= 0.6 is 0 Å². The van der Waals surface area contributed by atoms with Gasteiger partial charge < -0.3 is 10.1 Å². The summed E-state index contributed by atoms with van der Waals surface area (Å²) >= 11 is 0. The Balaban J connectivity index is 1.52. The highest BCUT2D eigenvalue weighted by Gasteiger charge is 2.33. The van der Waals surface area contributed by atoms with E-state index in [0.29, 0.717) is 12.5 Å². The van der Waals surface area contributed by atoms with Crippen LogP contribution in [0.15, 0.2) is 24.3 Å². The van der Waals surface area contributed by atoms with Crippen LogP contribution in [0.25, 0.3) is 0 Å². The van der Waals surface area contributed by atoms with Gasteiger partial charge in [0, 0.05) is 13.0 Å². The second-order valence-electron chi connectivity index (χ2n) is 5.86. The van der Waals surface area contributed by atoms with Gasteiger partial charge >= 0.3 is 6.03 Å². The molecule has 0 radical (unpaired) electrons. The van der Waals surface area contributed by atoms with E-state index in [1.54, 1.807) is 12.1 Å². The Kier molecular flexibility index (Phi) is 4.90. The molecule has 120 valence electrons. The van der Waals surface area contributed by atoms with Crippen LogP contribution < -0.4 is 10.8 Å². The molecule has 1 saturated heterocycles. The first kappa shape index (κ1) is 15.2. The van der Waals surface area contributed by atoms with Crippen molar-refractivity contribution in [2.75, 3.05) is 6.61 Å². The largest absolute Gasteiger partial charge is 0.350 e. The third-order valence-electron chi connectivity index (χ3n) is 4.03. The van der Waals surface area contributed by atoms with E-state index >= 15 is 0 Å². The van der Waals surface area contributed by atoms with Crippen LogP contribution in [0.1, 0.15) is 43.7 Å². The summed E-state index contributed by atoms with van der Waals surface area (Å²) < 4.78 is 18.4. The van der Waals surface area contributed by atoms with E-state index in [1.807, 2.05) is 0 Å². The van der Waals surface area contributed by atoms with E-state index in [-0.39, 0.29) is 18.1 Å². The number of urea groups is 1. The fourth-order valence-electron chi connectivity index (χ4n) is 2.67. The summed E-state index contributed by atoms with van der Waals surface area (Å²) in [5.74, 6) is 0.127. The Bertz CT molecular complexity index is 499. The fourth-order valence-corrected chi connectivity index (χ4v) is 2.67. The third kappa shape index (κ3) is 4.18. The molecule has 1 heterocycles. The number of carbonyl (C=O) groups excluding carboxylic acids is 1. The number of rotatable bonds is 5. The lowest BCUT2D eigenvalue weighted by Crippen LogP contribution is -2.41. The number of halogens is 1. The lowest BCUT2D eigenvalue weighted by molar-refractivity contribution is -0.186. The van der Waals surface area contributed by atoms with Crippen molar-refractivity contribution in [2.45, 2.75) is 44.4 Å². The quantitative estimate of drug-likeness (QED) is 0.822. The van der Waals surface area contributed by atoms with Crippen LogP contribution in [-0.4, -0.2) is 18.9 Å². The van der Waals surface area contributed by atoms with Crippen molar-refractivity contribution in [1.82, 2.24) is 10.8 Å². The third-order valence-corrected chi connectivity index (χ3v) is 4.03. The first-order chi connectivity index (χ1) is 10.7. The zero-order valence-corrected chi connectivity index (χ0v) is 12.4. The number of nitrogens with one attached hydrogen (secondary N) is 2.